The third kappa shape index (κ3) is 1.83. The van der Waals surface area contributed by atoms with Crippen LogP contribution in [0.25, 0.3) is 5.69 Å². The fourth-order valence-corrected chi connectivity index (χ4v) is 2.57. The molecule has 2 aromatic heterocycles. The number of hydrogen-bond acceptors (Lipinski definition) is 3. The van der Waals surface area contributed by atoms with E-state index in [1.807, 2.05) is 16.7 Å². The van der Waals surface area contributed by atoms with E-state index in [0.29, 0.717) is 17.5 Å². The summed E-state index contributed by atoms with van der Waals surface area (Å²) in [6, 6.07) is 3.67. The third-order valence-electron chi connectivity index (χ3n) is 3.41. The van der Waals surface area contributed by atoms with E-state index in [2.05, 4.69) is 4.98 Å². The van der Waals surface area contributed by atoms with Gasteiger partial charge in [0.25, 0.3) is 5.91 Å². The summed E-state index contributed by atoms with van der Waals surface area (Å²) in [6.07, 6.45) is 7.07. The number of carbonyl (C=O) groups is 2. The second-order valence-corrected chi connectivity index (χ2v) is 4.58. The highest BCUT2D eigenvalue weighted by Crippen LogP contribution is 2.28. The van der Waals surface area contributed by atoms with Crippen molar-refractivity contribution >= 4 is 11.7 Å². The fraction of sp³-hybridized carbons (Fsp3) is 0.214. The molecule has 2 N–H and O–H groups in total. The summed E-state index contributed by atoms with van der Waals surface area (Å²) in [5, 5.41) is 0. The van der Waals surface area contributed by atoms with E-state index in [4.69, 9.17) is 5.73 Å². The first kappa shape index (κ1) is 11.6. The molecular formula is C14H13N3O2. The first-order valence-corrected chi connectivity index (χ1v) is 6.16. The number of ketones is 1. The highest BCUT2D eigenvalue weighted by atomic mass is 16.1. The molecule has 0 saturated heterocycles. The lowest BCUT2D eigenvalue weighted by molar-refractivity contribution is 0.0950. The highest BCUT2D eigenvalue weighted by Gasteiger charge is 2.27. The van der Waals surface area contributed by atoms with E-state index in [9.17, 15) is 9.59 Å². The summed E-state index contributed by atoms with van der Waals surface area (Å²) in [6.45, 7) is 0. The monoisotopic (exact) mass is 255 g/mol. The van der Waals surface area contributed by atoms with Crippen LogP contribution in [0.3, 0.4) is 0 Å². The van der Waals surface area contributed by atoms with Gasteiger partial charge in [0, 0.05) is 36.4 Å². The molecule has 0 spiro atoms. The van der Waals surface area contributed by atoms with E-state index < -0.39 is 5.91 Å². The van der Waals surface area contributed by atoms with Gasteiger partial charge in [0.1, 0.15) is 0 Å². The topological polar surface area (TPSA) is 78.0 Å². The molecule has 0 unspecified atom stereocenters. The van der Waals surface area contributed by atoms with Crippen molar-refractivity contribution < 1.29 is 9.59 Å². The maximum Gasteiger partial charge on any atom is 0.251 e. The van der Waals surface area contributed by atoms with Gasteiger partial charge in [0.15, 0.2) is 5.78 Å². The van der Waals surface area contributed by atoms with Crippen molar-refractivity contribution in [1.29, 1.82) is 0 Å². The Morgan fingerprint density at radius 3 is 2.68 bits per heavy atom. The second-order valence-electron chi connectivity index (χ2n) is 4.58. The van der Waals surface area contributed by atoms with Crippen LogP contribution in [0.1, 0.15) is 39.3 Å². The van der Waals surface area contributed by atoms with Gasteiger partial charge in [-0.2, -0.15) is 0 Å². The van der Waals surface area contributed by atoms with Crippen LogP contribution >= 0.6 is 0 Å². The van der Waals surface area contributed by atoms with Crippen LogP contribution in [-0.4, -0.2) is 21.2 Å². The van der Waals surface area contributed by atoms with Crippen molar-refractivity contribution in [3.63, 3.8) is 0 Å². The van der Waals surface area contributed by atoms with Gasteiger partial charge in [-0.15, -0.1) is 0 Å². The summed E-state index contributed by atoms with van der Waals surface area (Å²) >= 11 is 0. The van der Waals surface area contributed by atoms with Gasteiger partial charge in [-0.05, 0) is 25.0 Å². The van der Waals surface area contributed by atoms with E-state index in [1.54, 1.807) is 18.6 Å². The largest absolute Gasteiger partial charge is 0.366 e. The maximum atomic E-state index is 12.0. The van der Waals surface area contributed by atoms with Crippen LogP contribution in [0, 0.1) is 0 Å². The molecule has 1 amide bonds. The van der Waals surface area contributed by atoms with Gasteiger partial charge in [-0.1, -0.05) is 0 Å². The lowest BCUT2D eigenvalue weighted by Crippen LogP contribution is -2.18. The zero-order valence-electron chi connectivity index (χ0n) is 10.3. The molecule has 0 bridgehead atoms. The molecule has 19 heavy (non-hydrogen) atoms. The first-order chi connectivity index (χ1) is 9.18. The minimum Gasteiger partial charge on any atom is -0.366 e. The lowest BCUT2D eigenvalue weighted by Gasteiger charge is -2.14. The molecule has 96 valence electrons. The Bertz CT molecular complexity index is 659. The number of primary amides is 1. The number of aromatic nitrogens is 2. The van der Waals surface area contributed by atoms with Gasteiger partial charge in [-0.25, -0.2) is 0 Å². The van der Waals surface area contributed by atoms with E-state index >= 15 is 0 Å². The van der Waals surface area contributed by atoms with E-state index in [-0.39, 0.29) is 5.78 Å². The van der Waals surface area contributed by atoms with Crippen LogP contribution in [0.5, 0.6) is 0 Å². The zero-order chi connectivity index (χ0) is 13.4. The van der Waals surface area contributed by atoms with Crippen molar-refractivity contribution in [2.24, 2.45) is 5.73 Å². The van der Waals surface area contributed by atoms with Crippen LogP contribution in [-0.2, 0) is 6.42 Å². The number of rotatable bonds is 2. The summed E-state index contributed by atoms with van der Waals surface area (Å²) < 4.78 is 1.87. The minimum absolute atomic E-state index is 0.00264. The molecule has 2 aromatic rings. The predicted octanol–water partition coefficient (Wildman–Crippen LogP) is 1.49. The average Bonchev–Trinajstić information content (AvgIpc) is 2.81. The molecule has 3 rings (SSSR count). The highest BCUT2D eigenvalue weighted by molar-refractivity contribution is 6.09. The van der Waals surface area contributed by atoms with E-state index in [1.165, 1.54) is 0 Å². The van der Waals surface area contributed by atoms with Gasteiger partial charge < -0.3 is 10.3 Å². The molecule has 0 aromatic carbocycles. The molecule has 5 nitrogen and oxygen atoms in total. The number of pyridine rings is 1. The van der Waals surface area contributed by atoms with Crippen LogP contribution < -0.4 is 5.73 Å². The molecule has 1 aliphatic carbocycles. The molecule has 0 radical (unpaired) electrons. The van der Waals surface area contributed by atoms with Crippen molar-refractivity contribution in [2.75, 3.05) is 0 Å². The van der Waals surface area contributed by atoms with Crippen molar-refractivity contribution in [1.82, 2.24) is 9.55 Å². The number of carbonyl (C=O) groups excluding carboxylic acids is 2. The fourth-order valence-electron chi connectivity index (χ4n) is 2.57. The average molecular weight is 255 g/mol. The molecule has 0 aliphatic heterocycles. The third-order valence-corrected chi connectivity index (χ3v) is 3.41. The van der Waals surface area contributed by atoms with Crippen molar-refractivity contribution in [2.45, 2.75) is 19.3 Å². The number of fused-ring (bicyclic) bond motifs is 1. The van der Waals surface area contributed by atoms with Crippen molar-refractivity contribution in [3.05, 3.63) is 47.5 Å². The lowest BCUT2D eigenvalue weighted by atomic mass is 9.93. The standard InChI is InChI=1S/C14H13N3O2/c15-14(19)10-8-17(9-4-6-16-7-5-9)11-2-1-3-12(18)13(10)11/h4-8H,1-3H2,(H2,15,19). The Balaban J connectivity index is 2.25. The van der Waals surface area contributed by atoms with Gasteiger partial charge in [0.2, 0.25) is 0 Å². The van der Waals surface area contributed by atoms with Crippen LogP contribution in [0.4, 0.5) is 0 Å². The number of Topliss-reactive ketones (excluding diaryl/α,β-unsaturated/α-hetero) is 1. The molecule has 0 fully saturated rings. The molecular weight excluding hydrogens is 242 g/mol. The zero-order valence-corrected chi connectivity index (χ0v) is 10.3. The second kappa shape index (κ2) is 4.35. The molecule has 1 aliphatic rings. The van der Waals surface area contributed by atoms with Gasteiger partial charge in [0.05, 0.1) is 11.1 Å². The Morgan fingerprint density at radius 1 is 1.26 bits per heavy atom. The Hall–Kier alpha value is -2.43. The SMILES string of the molecule is NC(=O)c1cn(-c2ccncc2)c2c1C(=O)CCC2. The summed E-state index contributed by atoms with van der Waals surface area (Å²) in [5.74, 6) is -0.554. The van der Waals surface area contributed by atoms with Gasteiger partial charge >= 0.3 is 0 Å². The predicted molar refractivity (Wildman–Crippen MR) is 69.4 cm³/mol. The summed E-state index contributed by atoms with van der Waals surface area (Å²) in [5.41, 5.74) is 7.94. The summed E-state index contributed by atoms with van der Waals surface area (Å²) in [4.78, 5) is 27.5. The Morgan fingerprint density at radius 2 is 2.00 bits per heavy atom. The Kier molecular flexibility index (Phi) is 2.67. The quantitative estimate of drug-likeness (QED) is 0.883. The number of nitrogens with zero attached hydrogens (tertiary/aromatic N) is 2. The Labute approximate surface area is 110 Å². The van der Waals surface area contributed by atoms with Crippen LogP contribution in [0.15, 0.2) is 30.7 Å². The number of nitrogens with two attached hydrogens (primary N) is 1. The molecule has 2 heterocycles. The maximum absolute atomic E-state index is 12.0. The number of amides is 1. The molecule has 0 atom stereocenters. The van der Waals surface area contributed by atoms with Gasteiger partial charge in [-0.3, -0.25) is 14.6 Å². The normalized spacial score (nSPS) is 14.2. The van der Waals surface area contributed by atoms with Crippen LogP contribution in [0.2, 0.25) is 0 Å². The molecule has 0 saturated carbocycles. The van der Waals surface area contributed by atoms with E-state index in [0.717, 1.165) is 24.2 Å². The molecule has 5 heteroatoms. The summed E-state index contributed by atoms with van der Waals surface area (Å²) in [7, 11) is 0. The number of hydrogen-bond donors (Lipinski definition) is 1. The minimum atomic E-state index is -0.556. The first-order valence-electron chi connectivity index (χ1n) is 6.16. The smallest absolute Gasteiger partial charge is 0.251 e. The van der Waals surface area contributed by atoms with Crippen molar-refractivity contribution in [3.8, 4) is 5.69 Å².